The van der Waals surface area contributed by atoms with Crippen molar-refractivity contribution in [2.75, 3.05) is 20.6 Å². The summed E-state index contributed by atoms with van der Waals surface area (Å²) in [7, 11) is 4.08. The first-order chi connectivity index (χ1) is 14.5. The highest BCUT2D eigenvalue weighted by atomic mass is 32.2. The number of hydrogen-bond acceptors (Lipinski definition) is 5. The van der Waals surface area contributed by atoms with Gasteiger partial charge in [0.05, 0.1) is 16.7 Å². The normalized spacial score (nSPS) is 12.2. The molecular weight excluding hydrogens is 410 g/mol. The van der Waals surface area contributed by atoms with Gasteiger partial charge in [-0.25, -0.2) is 4.98 Å². The van der Waals surface area contributed by atoms with Crippen LogP contribution in [0.4, 0.5) is 0 Å². The fourth-order valence-corrected chi connectivity index (χ4v) is 4.71. The molecule has 0 aliphatic heterocycles. The Morgan fingerprint density at radius 1 is 1.13 bits per heavy atom. The van der Waals surface area contributed by atoms with Gasteiger partial charge in [0.25, 0.3) is 5.91 Å². The summed E-state index contributed by atoms with van der Waals surface area (Å²) in [6, 6.07) is 16.6. The molecule has 3 rings (SSSR count). The molecule has 4 nitrogen and oxygen atoms in total. The fraction of sp³-hybridized carbons (Fsp3) is 0.333. The molecule has 0 fully saturated rings. The van der Waals surface area contributed by atoms with E-state index in [-0.39, 0.29) is 11.9 Å². The monoisotopic (exact) mass is 439 g/mol. The molecule has 0 aliphatic carbocycles. The van der Waals surface area contributed by atoms with Crippen LogP contribution in [0.15, 0.2) is 58.8 Å². The Balaban J connectivity index is 1.56. The first-order valence-corrected chi connectivity index (χ1v) is 12.0. The molecule has 6 heteroatoms. The molecule has 1 N–H and O–H groups in total. The number of carbonyl (C=O) groups excluding carboxylic acids is 1. The zero-order valence-electron chi connectivity index (χ0n) is 18.0. The Morgan fingerprint density at radius 2 is 1.83 bits per heavy atom. The van der Waals surface area contributed by atoms with Crippen LogP contribution in [0.2, 0.25) is 0 Å². The van der Waals surface area contributed by atoms with Crippen molar-refractivity contribution in [2.45, 2.75) is 37.0 Å². The number of aryl methyl sites for hydroxylation is 2. The second-order valence-electron chi connectivity index (χ2n) is 7.46. The zero-order valence-corrected chi connectivity index (χ0v) is 19.6. The molecule has 0 spiro atoms. The lowest BCUT2D eigenvalue weighted by molar-refractivity contribution is 0.0942. The molecule has 158 valence electrons. The molecule has 2 aromatic carbocycles. The van der Waals surface area contributed by atoms with Gasteiger partial charge >= 0.3 is 0 Å². The number of thiazole rings is 1. The zero-order chi connectivity index (χ0) is 21.5. The summed E-state index contributed by atoms with van der Waals surface area (Å²) >= 11 is 3.41. The van der Waals surface area contributed by atoms with E-state index in [0.717, 1.165) is 27.8 Å². The van der Waals surface area contributed by atoms with Crippen LogP contribution in [0.3, 0.4) is 0 Å². The molecule has 3 aromatic rings. The third kappa shape index (κ3) is 6.17. The van der Waals surface area contributed by atoms with Crippen LogP contribution in [0.1, 0.15) is 45.2 Å². The van der Waals surface area contributed by atoms with Crippen molar-refractivity contribution in [3.8, 4) is 0 Å². The first-order valence-electron chi connectivity index (χ1n) is 10.1. The van der Waals surface area contributed by atoms with Crippen molar-refractivity contribution in [3.05, 3.63) is 81.3 Å². The highest BCUT2D eigenvalue weighted by Gasteiger charge is 2.16. The number of benzene rings is 2. The Morgan fingerprint density at radius 3 is 2.40 bits per heavy atom. The maximum atomic E-state index is 12.7. The minimum Gasteiger partial charge on any atom is -0.350 e. The van der Waals surface area contributed by atoms with Crippen LogP contribution >= 0.6 is 23.1 Å². The Labute approximate surface area is 187 Å². The van der Waals surface area contributed by atoms with Crippen molar-refractivity contribution in [2.24, 2.45) is 0 Å². The average Bonchev–Trinajstić information content (AvgIpc) is 3.18. The van der Waals surface area contributed by atoms with Gasteiger partial charge in [0, 0.05) is 28.1 Å². The van der Waals surface area contributed by atoms with E-state index in [1.807, 2.05) is 45.3 Å². The van der Waals surface area contributed by atoms with Gasteiger partial charge in [0.15, 0.2) is 0 Å². The van der Waals surface area contributed by atoms with E-state index in [0.29, 0.717) is 12.1 Å². The molecule has 0 saturated carbocycles. The van der Waals surface area contributed by atoms with Crippen molar-refractivity contribution < 1.29 is 4.79 Å². The Hall–Kier alpha value is -2.15. The standard InChI is InChI=1S/C24H29N3OS2/c1-5-18-6-8-19(9-7-18)23(27(3)4)14-25-24(28)20-10-12-22(13-11-20)30-16-21-15-29-17(2)26-21/h6-13,15,23H,5,14,16H2,1-4H3,(H,25,28)/t23-/m0/s1. The lowest BCUT2D eigenvalue weighted by Crippen LogP contribution is -2.34. The van der Waals surface area contributed by atoms with E-state index in [2.05, 4.69) is 51.8 Å². The number of nitrogens with zero attached hydrogens (tertiary/aromatic N) is 2. The second-order valence-corrected chi connectivity index (χ2v) is 9.57. The quantitative estimate of drug-likeness (QED) is 0.457. The molecule has 1 atom stereocenters. The highest BCUT2D eigenvalue weighted by molar-refractivity contribution is 7.98. The smallest absolute Gasteiger partial charge is 0.251 e. The second kappa shape index (κ2) is 10.8. The van der Waals surface area contributed by atoms with Gasteiger partial charge < -0.3 is 10.2 Å². The Kier molecular flexibility index (Phi) is 8.08. The number of likely N-dealkylation sites (N-methyl/N-ethyl adjacent to an activating group) is 1. The van der Waals surface area contributed by atoms with Gasteiger partial charge in [-0.15, -0.1) is 23.1 Å². The van der Waals surface area contributed by atoms with E-state index in [4.69, 9.17) is 0 Å². The van der Waals surface area contributed by atoms with Crippen LogP contribution in [0.5, 0.6) is 0 Å². The third-order valence-corrected chi connectivity index (χ3v) is 6.89. The number of carbonyl (C=O) groups is 1. The topological polar surface area (TPSA) is 45.2 Å². The molecule has 1 heterocycles. The van der Waals surface area contributed by atoms with Crippen LogP contribution < -0.4 is 5.32 Å². The number of thioether (sulfide) groups is 1. The summed E-state index contributed by atoms with van der Waals surface area (Å²) in [6.07, 6.45) is 1.03. The predicted octanol–water partition coefficient (Wildman–Crippen LogP) is 5.34. The average molecular weight is 440 g/mol. The van der Waals surface area contributed by atoms with Crippen molar-refractivity contribution in [1.29, 1.82) is 0 Å². The molecule has 0 saturated heterocycles. The number of amides is 1. The first kappa shape index (κ1) is 22.5. The molecule has 1 amide bonds. The maximum absolute atomic E-state index is 12.7. The predicted molar refractivity (Wildman–Crippen MR) is 127 cm³/mol. The summed E-state index contributed by atoms with van der Waals surface area (Å²) < 4.78 is 0. The van der Waals surface area contributed by atoms with Gasteiger partial charge in [-0.1, -0.05) is 31.2 Å². The van der Waals surface area contributed by atoms with Crippen molar-refractivity contribution >= 4 is 29.0 Å². The van der Waals surface area contributed by atoms with E-state index in [1.54, 1.807) is 23.1 Å². The molecule has 0 unspecified atom stereocenters. The van der Waals surface area contributed by atoms with E-state index in [9.17, 15) is 4.79 Å². The minimum atomic E-state index is -0.0429. The van der Waals surface area contributed by atoms with Gasteiger partial charge in [0.1, 0.15) is 0 Å². The van der Waals surface area contributed by atoms with Gasteiger partial charge in [-0.2, -0.15) is 0 Å². The minimum absolute atomic E-state index is 0.0429. The summed E-state index contributed by atoms with van der Waals surface area (Å²) in [5.41, 5.74) is 4.32. The van der Waals surface area contributed by atoms with Crippen LogP contribution in [-0.4, -0.2) is 36.4 Å². The third-order valence-electron chi connectivity index (χ3n) is 5.02. The summed E-state index contributed by atoms with van der Waals surface area (Å²) in [6.45, 7) is 4.74. The number of hydrogen-bond donors (Lipinski definition) is 1. The lowest BCUT2D eigenvalue weighted by Gasteiger charge is -2.25. The SMILES string of the molecule is CCc1ccc([C@H](CNC(=O)c2ccc(SCc3csc(C)n3)cc2)N(C)C)cc1. The van der Waals surface area contributed by atoms with Crippen molar-refractivity contribution in [3.63, 3.8) is 0 Å². The van der Waals surface area contributed by atoms with Gasteiger partial charge in [-0.05, 0) is 62.8 Å². The van der Waals surface area contributed by atoms with E-state index < -0.39 is 0 Å². The van der Waals surface area contributed by atoms with Crippen LogP contribution in [-0.2, 0) is 12.2 Å². The molecule has 0 aliphatic rings. The highest BCUT2D eigenvalue weighted by Crippen LogP contribution is 2.24. The number of nitrogens with one attached hydrogen (secondary N) is 1. The molecule has 1 aromatic heterocycles. The van der Waals surface area contributed by atoms with E-state index >= 15 is 0 Å². The molecule has 30 heavy (non-hydrogen) atoms. The number of aromatic nitrogens is 1. The fourth-order valence-electron chi connectivity index (χ4n) is 3.20. The van der Waals surface area contributed by atoms with Crippen LogP contribution in [0.25, 0.3) is 0 Å². The van der Waals surface area contributed by atoms with Gasteiger partial charge in [-0.3, -0.25) is 4.79 Å². The number of rotatable bonds is 9. The molecular formula is C24H29N3OS2. The van der Waals surface area contributed by atoms with E-state index in [1.165, 1.54) is 11.1 Å². The summed E-state index contributed by atoms with van der Waals surface area (Å²) in [4.78, 5) is 20.4. The summed E-state index contributed by atoms with van der Waals surface area (Å²) in [5.74, 6) is 0.802. The molecule has 0 radical (unpaired) electrons. The van der Waals surface area contributed by atoms with Crippen molar-refractivity contribution in [1.82, 2.24) is 15.2 Å². The maximum Gasteiger partial charge on any atom is 0.251 e. The van der Waals surface area contributed by atoms with Gasteiger partial charge in [0.2, 0.25) is 0 Å². The Bertz CT molecular complexity index is 949. The largest absolute Gasteiger partial charge is 0.350 e. The van der Waals surface area contributed by atoms with Crippen LogP contribution in [0, 0.1) is 6.92 Å². The summed E-state index contributed by atoms with van der Waals surface area (Å²) in [5, 5.41) is 6.28. The lowest BCUT2D eigenvalue weighted by atomic mass is 10.0. The molecule has 0 bridgehead atoms.